The van der Waals surface area contributed by atoms with Crippen molar-refractivity contribution in [1.29, 1.82) is 0 Å². The normalized spacial score (nSPS) is 12.1. The molecule has 15 heavy (non-hydrogen) atoms. The van der Waals surface area contributed by atoms with Gasteiger partial charge >= 0.3 is 6.18 Å². The van der Waals surface area contributed by atoms with Crippen LogP contribution in [-0.4, -0.2) is 19.1 Å². The van der Waals surface area contributed by atoms with Gasteiger partial charge in [-0.05, 0) is 7.05 Å². The Morgan fingerprint density at radius 2 is 2.13 bits per heavy atom. The fourth-order valence-corrected chi connectivity index (χ4v) is 2.00. The average molecular weight is 240 g/mol. The summed E-state index contributed by atoms with van der Waals surface area (Å²) in [6.45, 7) is 0.468. The molecule has 0 bridgehead atoms. The predicted octanol–water partition coefficient (Wildman–Crippen LogP) is 2.03. The average Bonchev–Trinajstić information content (AvgIpc) is 2.50. The summed E-state index contributed by atoms with van der Waals surface area (Å²) >= 11 is 0.652. The lowest BCUT2D eigenvalue weighted by Gasteiger charge is -1.99. The minimum absolute atomic E-state index is 0.101. The molecule has 3 nitrogen and oxygen atoms in total. The van der Waals surface area contributed by atoms with Gasteiger partial charge in [-0.1, -0.05) is 0 Å². The summed E-state index contributed by atoms with van der Waals surface area (Å²) in [5.41, 5.74) is 0.351. The zero-order valence-electron chi connectivity index (χ0n) is 8.31. The minimum atomic E-state index is -4.38. The minimum Gasteiger partial charge on any atom is -0.378 e. The van der Waals surface area contributed by atoms with Crippen LogP contribution in [0, 0.1) is 0 Å². The molecule has 1 rings (SSSR count). The van der Waals surface area contributed by atoms with E-state index in [-0.39, 0.29) is 6.61 Å². The first-order chi connectivity index (χ1) is 6.99. The molecule has 0 aliphatic rings. The molecule has 0 radical (unpaired) electrons. The highest BCUT2D eigenvalue weighted by Crippen LogP contribution is 2.34. The third kappa shape index (κ3) is 3.15. The number of aromatic nitrogens is 1. The summed E-state index contributed by atoms with van der Waals surface area (Å²) in [4.78, 5) is 4.08. The van der Waals surface area contributed by atoms with E-state index in [1.807, 2.05) is 0 Å². The second-order valence-electron chi connectivity index (χ2n) is 2.85. The smallest absolute Gasteiger partial charge is 0.378 e. The Kier molecular flexibility index (Phi) is 4.06. The van der Waals surface area contributed by atoms with Gasteiger partial charge in [0.2, 0.25) is 0 Å². The first-order valence-corrected chi connectivity index (χ1v) is 5.00. The first-order valence-electron chi connectivity index (χ1n) is 4.18. The summed E-state index contributed by atoms with van der Waals surface area (Å²) in [5, 5.41) is 1.98. The van der Waals surface area contributed by atoms with Gasteiger partial charge in [-0.25, -0.2) is 4.98 Å². The Bertz CT molecular complexity index is 301. The number of nitrogens with zero attached hydrogens (tertiary/aromatic N) is 1. The largest absolute Gasteiger partial charge is 0.443 e. The Labute approximate surface area is 89.3 Å². The third-order valence-electron chi connectivity index (χ3n) is 1.64. The van der Waals surface area contributed by atoms with Crippen LogP contribution in [0.4, 0.5) is 13.2 Å². The molecule has 86 valence electrons. The molecule has 0 amide bonds. The molecule has 0 fully saturated rings. The molecule has 1 aromatic rings. The highest BCUT2D eigenvalue weighted by atomic mass is 32.1. The second kappa shape index (κ2) is 4.91. The standard InChI is InChI=1S/C8H11F3N2OS/c1-12-3-6-5(4-14-2)13-7(15-6)8(9,10)11/h12H,3-4H2,1-2H3. The number of rotatable bonds is 4. The molecule has 0 spiro atoms. The predicted molar refractivity (Wildman–Crippen MR) is 50.6 cm³/mol. The molecular formula is C8H11F3N2OS. The topological polar surface area (TPSA) is 34.2 Å². The monoisotopic (exact) mass is 240 g/mol. The maximum atomic E-state index is 12.3. The lowest BCUT2D eigenvalue weighted by Crippen LogP contribution is -2.06. The van der Waals surface area contributed by atoms with Crippen molar-refractivity contribution in [2.45, 2.75) is 19.3 Å². The van der Waals surface area contributed by atoms with E-state index >= 15 is 0 Å². The van der Waals surface area contributed by atoms with E-state index in [4.69, 9.17) is 4.74 Å². The molecule has 1 N–H and O–H groups in total. The summed E-state index contributed by atoms with van der Waals surface area (Å²) in [6.07, 6.45) is -4.38. The summed E-state index contributed by atoms with van der Waals surface area (Å²) in [5.74, 6) is 0. The number of ether oxygens (including phenoxy) is 1. The summed E-state index contributed by atoms with van der Waals surface area (Å²) in [6, 6.07) is 0. The molecule has 0 aliphatic heterocycles. The van der Waals surface area contributed by atoms with E-state index in [0.29, 0.717) is 28.5 Å². The van der Waals surface area contributed by atoms with Crippen molar-refractivity contribution in [3.05, 3.63) is 15.6 Å². The molecule has 7 heteroatoms. The first kappa shape index (κ1) is 12.4. The molecular weight excluding hydrogens is 229 g/mol. The Morgan fingerprint density at radius 1 is 1.47 bits per heavy atom. The van der Waals surface area contributed by atoms with Crippen LogP contribution in [0.5, 0.6) is 0 Å². The lowest BCUT2D eigenvalue weighted by atomic mass is 10.4. The van der Waals surface area contributed by atoms with Crippen molar-refractivity contribution in [3.63, 3.8) is 0 Å². The third-order valence-corrected chi connectivity index (χ3v) is 2.78. The highest BCUT2D eigenvalue weighted by Gasteiger charge is 2.35. The van der Waals surface area contributed by atoms with Crippen molar-refractivity contribution in [1.82, 2.24) is 10.3 Å². The summed E-state index contributed by atoms with van der Waals surface area (Å²) in [7, 11) is 3.10. The quantitative estimate of drug-likeness (QED) is 0.874. The fourth-order valence-electron chi connectivity index (χ4n) is 1.05. The van der Waals surface area contributed by atoms with Crippen molar-refractivity contribution in [2.75, 3.05) is 14.2 Å². The fraction of sp³-hybridized carbons (Fsp3) is 0.625. The van der Waals surface area contributed by atoms with Crippen LogP contribution in [0.3, 0.4) is 0 Å². The number of halogens is 3. The second-order valence-corrected chi connectivity index (χ2v) is 3.93. The van der Waals surface area contributed by atoms with Gasteiger partial charge in [0, 0.05) is 18.5 Å². The molecule has 1 aromatic heterocycles. The Morgan fingerprint density at radius 3 is 2.60 bits per heavy atom. The summed E-state index contributed by atoms with van der Waals surface area (Å²) < 4.78 is 41.8. The van der Waals surface area contributed by atoms with Gasteiger partial charge in [0.05, 0.1) is 12.3 Å². The van der Waals surface area contributed by atoms with Crippen LogP contribution in [0.15, 0.2) is 0 Å². The molecule has 0 aromatic carbocycles. The van der Waals surface area contributed by atoms with Gasteiger partial charge in [-0.3, -0.25) is 0 Å². The van der Waals surface area contributed by atoms with Gasteiger partial charge in [-0.15, -0.1) is 11.3 Å². The van der Waals surface area contributed by atoms with Crippen molar-refractivity contribution >= 4 is 11.3 Å². The van der Waals surface area contributed by atoms with Gasteiger partial charge < -0.3 is 10.1 Å². The van der Waals surface area contributed by atoms with Crippen molar-refractivity contribution in [2.24, 2.45) is 0 Å². The highest BCUT2D eigenvalue weighted by molar-refractivity contribution is 7.11. The molecule has 1 heterocycles. The van der Waals surface area contributed by atoms with E-state index in [1.54, 1.807) is 7.05 Å². The number of hydrogen-bond acceptors (Lipinski definition) is 4. The van der Waals surface area contributed by atoms with Crippen LogP contribution in [0.2, 0.25) is 0 Å². The van der Waals surface area contributed by atoms with Crippen LogP contribution < -0.4 is 5.32 Å². The molecule has 0 unspecified atom stereocenters. The number of hydrogen-bond donors (Lipinski definition) is 1. The SMILES string of the molecule is CNCc1sc(C(F)(F)F)nc1COC. The van der Waals surface area contributed by atoms with Crippen LogP contribution in [0.25, 0.3) is 0 Å². The van der Waals surface area contributed by atoms with Crippen molar-refractivity contribution in [3.8, 4) is 0 Å². The number of methoxy groups -OCH3 is 1. The number of nitrogens with one attached hydrogen (secondary N) is 1. The van der Waals surface area contributed by atoms with E-state index in [0.717, 1.165) is 0 Å². The lowest BCUT2D eigenvalue weighted by molar-refractivity contribution is -0.137. The van der Waals surface area contributed by atoms with E-state index in [1.165, 1.54) is 7.11 Å². The van der Waals surface area contributed by atoms with Crippen molar-refractivity contribution < 1.29 is 17.9 Å². The Balaban J connectivity index is 2.98. The zero-order valence-corrected chi connectivity index (χ0v) is 9.13. The molecule has 0 atom stereocenters. The van der Waals surface area contributed by atoms with Crippen LogP contribution >= 0.6 is 11.3 Å². The van der Waals surface area contributed by atoms with Gasteiger partial charge in [0.15, 0.2) is 5.01 Å². The Hall–Kier alpha value is -0.660. The number of thiazole rings is 1. The van der Waals surface area contributed by atoms with Gasteiger partial charge in [-0.2, -0.15) is 13.2 Å². The zero-order chi connectivity index (χ0) is 11.5. The molecule has 0 saturated heterocycles. The van der Waals surface area contributed by atoms with Crippen LogP contribution in [0.1, 0.15) is 15.6 Å². The maximum Gasteiger partial charge on any atom is 0.443 e. The molecule has 0 aliphatic carbocycles. The maximum absolute atomic E-state index is 12.3. The van der Waals surface area contributed by atoms with E-state index in [2.05, 4.69) is 10.3 Å². The number of alkyl halides is 3. The van der Waals surface area contributed by atoms with Gasteiger partial charge in [0.25, 0.3) is 0 Å². The van der Waals surface area contributed by atoms with E-state index in [9.17, 15) is 13.2 Å². The van der Waals surface area contributed by atoms with Gasteiger partial charge in [0.1, 0.15) is 0 Å². The molecule has 0 saturated carbocycles. The van der Waals surface area contributed by atoms with E-state index < -0.39 is 11.2 Å². The van der Waals surface area contributed by atoms with Crippen LogP contribution in [-0.2, 0) is 24.1 Å².